The summed E-state index contributed by atoms with van der Waals surface area (Å²) < 4.78 is 10.5. The molecule has 0 bridgehead atoms. The van der Waals surface area contributed by atoms with E-state index in [4.69, 9.17) is 9.47 Å². The van der Waals surface area contributed by atoms with E-state index in [0.717, 1.165) is 17.0 Å². The highest BCUT2D eigenvalue weighted by molar-refractivity contribution is 7.98. The number of thioether (sulfide) groups is 1. The zero-order valence-corrected chi connectivity index (χ0v) is 15.9. The van der Waals surface area contributed by atoms with Gasteiger partial charge in [-0.25, -0.2) is 4.98 Å². The van der Waals surface area contributed by atoms with Crippen LogP contribution in [0.25, 0.3) is 11.3 Å². The van der Waals surface area contributed by atoms with Crippen LogP contribution in [-0.4, -0.2) is 25.1 Å². The van der Waals surface area contributed by atoms with E-state index in [9.17, 15) is 4.79 Å². The fourth-order valence-corrected chi connectivity index (χ4v) is 4.89. The Morgan fingerprint density at radius 3 is 2.81 bits per heavy atom. The summed E-state index contributed by atoms with van der Waals surface area (Å²) >= 11 is 3.31. The minimum Gasteiger partial charge on any atom is -0.497 e. The number of amides is 1. The number of methoxy groups -OCH3 is 2. The van der Waals surface area contributed by atoms with Crippen molar-refractivity contribution < 1.29 is 14.3 Å². The lowest BCUT2D eigenvalue weighted by Gasteiger charge is -2.13. The summed E-state index contributed by atoms with van der Waals surface area (Å²) in [6.45, 7) is 0. The number of carbonyl (C=O) groups excluding carboxylic acids is 1. The first-order valence-corrected chi connectivity index (χ1v) is 9.75. The fraction of sp³-hybridized carbons (Fsp3) is 0.158. The molecule has 0 saturated heterocycles. The number of benzene rings is 2. The van der Waals surface area contributed by atoms with Crippen molar-refractivity contribution in [2.45, 2.75) is 10.6 Å². The quantitative estimate of drug-likeness (QED) is 0.707. The smallest absolute Gasteiger partial charge is 0.261 e. The van der Waals surface area contributed by atoms with E-state index in [2.05, 4.69) is 22.4 Å². The monoisotopic (exact) mass is 384 g/mol. The number of hydrogen-bond acceptors (Lipinski definition) is 6. The van der Waals surface area contributed by atoms with Gasteiger partial charge in [-0.1, -0.05) is 18.2 Å². The Morgan fingerprint density at radius 1 is 1.15 bits per heavy atom. The second-order valence-corrected chi connectivity index (χ2v) is 7.70. The van der Waals surface area contributed by atoms with Gasteiger partial charge in [0.05, 0.1) is 25.5 Å². The maximum absolute atomic E-state index is 12.7. The zero-order chi connectivity index (χ0) is 18.1. The highest BCUT2D eigenvalue weighted by atomic mass is 32.2. The van der Waals surface area contributed by atoms with Crippen molar-refractivity contribution in [1.29, 1.82) is 0 Å². The van der Waals surface area contributed by atoms with Crippen molar-refractivity contribution in [1.82, 2.24) is 4.98 Å². The first-order valence-electron chi connectivity index (χ1n) is 7.95. The average molecular weight is 384 g/mol. The van der Waals surface area contributed by atoms with Crippen LogP contribution in [0, 0.1) is 0 Å². The molecule has 4 rings (SSSR count). The summed E-state index contributed by atoms with van der Waals surface area (Å²) in [5, 5.41) is 3.49. The molecule has 2 aromatic carbocycles. The third-order valence-electron chi connectivity index (χ3n) is 4.07. The average Bonchev–Trinajstić information content (AvgIpc) is 3.10. The molecule has 1 aliphatic rings. The lowest BCUT2D eigenvalue weighted by molar-refractivity contribution is 0.102. The summed E-state index contributed by atoms with van der Waals surface area (Å²) in [6, 6.07) is 13.3. The normalized spacial score (nSPS) is 12.1. The molecule has 0 atom stereocenters. The van der Waals surface area contributed by atoms with Crippen LogP contribution in [0.5, 0.6) is 11.5 Å². The highest BCUT2D eigenvalue weighted by Gasteiger charge is 2.22. The molecule has 7 heteroatoms. The lowest BCUT2D eigenvalue weighted by atomic mass is 10.1. The van der Waals surface area contributed by atoms with Crippen LogP contribution in [-0.2, 0) is 5.75 Å². The van der Waals surface area contributed by atoms with Gasteiger partial charge in [0.15, 0.2) is 5.13 Å². The van der Waals surface area contributed by atoms with Gasteiger partial charge in [-0.05, 0) is 18.2 Å². The van der Waals surface area contributed by atoms with Gasteiger partial charge in [0, 0.05) is 27.2 Å². The summed E-state index contributed by atoms with van der Waals surface area (Å²) in [5.74, 6) is 1.71. The Kier molecular flexibility index (Phi) is 4.57. The van der Waals surface area contributed by atoms with Crippen LogP contribution in [0.1, 0.15) is 15.2 Å². The molecule has 1 N–H and O–H groups in total. The number of thiazole rings is 1. The highest BCUT2D eigenvalue weighted by Crippen LogP contribution is 2.44. The minimum atomic E-state index is -0.253. The molecule has 132 valence electrons. The van der Waals surface area contributed by atoms with Crippen LogP contribution in [0.3, 0.4) is 0 Å². The van der Waals surface area contributed by atoms with Crippen molar-refractivity contribution in [2.24, 2.45) is 0 Å². The number of nitrogens with zero attached hydrogens (tertiary/aromatic N) is 1. The Balaban J connectivity index is 1.62. The van der Waals surface area contributed by atoms with Crippen LogP contribution in [0.4, 0.5) is 5.13 Å². The minimum absolute atomic E-state index is 0.253. The van der Waals surface area contributed by atoms with Gasteiger partial charge in [-0.15, -0.1) is 23.1 Å². The first kappa shape index (κ1) is 16.9. The molecule has 26 heavy (non-hydrogen) atoms. The number of nitrogens with one attached hydrogen (secondary N) is 1. The van der Waals surface area contributed by atoms with E-state index in [0.29, 0.717) is 22.2 Å². The number of anilines is 1. The van der Waals surface area contributed by atoms with Gasteiger partial charge in [-0.3, -0.25) is 10.1 Å². The summed E-state index contributed by atoms with van der Waals surface area (Å²) in [7, 11) is 3.10. The molecule has 0 radical (unpaired) electrons. The van der Waals surface area contributed by atoms with Gasteiger partial charge in [-0.2, -0.15) is 0 Å². The maximum atomic E-state index is 12.7. The van der Waals surface area contributed by atoms with E-state index in [1.165, 1.54) is 28.2 Å². The molecule has 0 aliphatic carbocycles. The van der Waals surface area contributed by atoms with Crippen LogP contribution < -0.4 is 14.8 Å². The number of carbonyl (C=O) groups is 1. The van der Waals surface area contributed by atoms with E-state index in [1.807, 2.05) is 12.1 Å². The number of fused-ring (bicyclic) bond motifs is 3. The predicted octanol–water partition coefficient (Wildman–Crippen LogP) is 4.69. The van der Waals surface area contributed by atoms with Crippen LogP contribution in [0.15, 0.2) is 47.4 Å². The molecule has 2 heterocycles. The maximum Gasteiger partial charge on any atom is 0.261 e. The molecule has 0 saturated carbocycles. The van der Waals surface area contributed by atoms with Crippen LogP contribution >= 0.6 is 23.1 Å². The van der Waals surface area contributed by atoms with E-state index in [-0.39, 0.29) is 5.91 Å². The Hall–Kier alpha value is -2.51. The standard InChI is InChI=1S/C19H16N2O3S2/c1-23-11-7-8-12(14(9-11)24-2)18(22)21-19-20-17-13-5-3-4-6-15(13)25-10-16(17)26-19/h3-9H,10H2,1-2H3,(H,20,21,22). The van der Waals surface area contributed by atoms with Crippen molar-refractivity contribution in [3.63, 3.8) is 0 Å². The molecule has 0 unspecified atom stereocenters. The largest absolute Gasteiger partial charge is 0.497 e. The second-order valence-electron chi connectivity index (χ2n) is 5.60. The summed E-state index contributed by atoms with van der Waals surface area (Å²) in [5.41, 5.74) is 2.52. The molecular formula is C19H16N2O3S2. The van der Waals surface area contributed by atoms with Gasteiger partial charge in [0.25, 0.3) is 5.91 Å². The number of rotatable bonds is 4. The zero-order valence-electron chi connectivity index (χ0n) is 14.2. The molecule has 1 aliphatic heterocycles. The lowest BCUT2D eigenvalue weighted by Crippen LogP contribution is -2.13. The topological polar surface area (TPSA) is 60.5 Å². The Labute approximate surface area is 159 Å². The third-order valence-corrected chi connectivity index (χ3v) is 6.33. The van der Waals surface area contributed by atoms with Gasteiger partial charge in [0.2, 0.25) is 0 Å². The molecular weight excluding hydrogens is 368 g/mol. The second kappa shape index (κ2) is 7.01. The SMILES string of the molecule is COc1ccc(C(=O)Nc2nc3c(s2)CSc2ccccc2-3)c(OC)c1. The molecule has 3 aromatic rings. The van der Waals surface area contributed by atoms with E-state index < -0.39 is 0 Å². The van der Waals surface area contributed by atoms with E-state index in [1.54, 1.807) is 37.1 Å². The van der Waals surface area contributed by atoms with Crippen molar-refractivity contribution in [2.75, 3.05) is 19.5 Å². The summed E-state index contributed by atoms with van der Waals surface area (Å²) in [4.78, 5) is 19.7. The number of aromatic nitrogens is 1. The van der Waals surface area contributed by atoms with Crippen LogP contribution in [0.2, 0.25) is 0 Å². The molecule has 0 spiro atoms. The Bertz CT molecular complexity index is 985. The predicted molar refractivity (Wildman–Crippen MR) is 105 cm³/mol. The molecule has 1 amide bonds. The van der Waals surface area contributed by atoms with Gasteiger partial charge in [0.1, 0.15) is 11.5 Å². The van der Waals surface area contributed by atoms with Crippen molar-refractivity contribution >= 4 is 34.1 Å². The Morgan fingerprint density at radius 2 is 2.00 bits per heavy atom. The molecule has 0 fully saturated rings. The van der Waals surface area contributed by atoms with Crippen molar-refractivity contribution in [3.05, 3.63) is 52.9 Å². The fourth-order valence-electron chi connectivity index (χ4n) is 2.80. The van der Waals surface area contributed by atoms with Crippen molar-refractivity contribution in [3.8, 4) is 22.8 Å². The molecule has 5 nitrogen and oxygen atoms in total. The van der Waals surface area contributed by atoms with E-state index >= 15 is 0 Å². The van der Waals surface area contributed by atoms with Gasteiger partial charge >= 0.3 is 0 Å². The number of ether oxygens (including phenoxy) is 2. The third kappa shape index (κ3) is 3.04. The molecule has 1 aromatic heterocycles. The van der Waals surface area contributed by atoms with Gasteiger partial charge < -0.3 is 9.47 Å². The number of hydrogen-bond donors (Lipinski definition) is 1. The first-order chi connectivity index (χ1) is 12.7. The summed E-state index contributed by atoms with van der Waals surface area (Å²) in [6.07, 6.45) is 0.